The highest BCUT2D eigenvalue weighted by Gasteiger charge is 2.17. The topological polar surface area (TPSA) is 47.6 Å². The van der Waals surface area contributed by atoms with Gasteiger partial charge in [0.1, 0.15) is 13.2 Å². The van der Waals surface area contributed by atoms with Crippen molar-refractivity contribution in [3.63, 3.8) is 0 Å². The van der Waals surface area contributed by atoms with Crippen LogP contribution in [0.1, 0.15) is 33.1 Å². The maximum absolute atomic E-state index is 12.3. The van der Waals surface area contributed by atoms with Gasteiger partial charge in [0.05, 0.1) is 6.04 Å². The lowest BCUT2D eigenvalue weighted by atomic mass is 10.1. The van der Waals surface area contributed by atoms with Gasteiger partial charge in [-0.25, -0.2) is 0 Å². The lowest BCUT2D eigenvalue weighted by Gasteiger charge is -2.19. The van der Waals surface area contributed by atoms with E-state index in [-0.39, 0.29) is 11.9 Å². The molecule has 1 aromatic carbocycles. The molecule has 0 saturated carbocycles. The van der Waals surface area contributed by atoms with Crippen LogP contribution < -0.4 is 14.8 Å². The Bertz CT molecular complexity index is 665. The first-order valence-electron chi connectivity index (χ1n) is 6.90. The highest BCUT2D eigenvalue weighted by molar-refractivity contribution is 7.12. The Hall–Kier alpha value is -2.01. The smallest absolute Gasteiger partial charge is 0.251 e. The van der Waals surface area contributed by atoms with Crippen molar-refractivity contribution < 1.29 is 14.3 Å². The monoisotopic (exact) mass is 303 g/mol. The molecule has 4 nitrogen and oxygen atoms in total. The van der Waals surface area contributed by atoms with Crippen LogP contribution in [0, 0.1) is 6.92 Å². The lowest BCUT2D eigenvalue weighted by molar-refractivity contribution is 0.0939. The van der Waals surface area contributed by atoms with Crippen LogP contribution >= 0.6 is 11.3 Å². The Labute approximate surface area is 127 Å². The maximum atomic E-state index is 12.3. The van der Waals surface area contributed by atoms with E-state index in [2.05, 4.69) is 24.4 Å². The Morgan fingerprint density at radius 1 is 1.19 bits per heavy atom. The zero-order valence-electron chi connectivity index (χ0n) is 12.0. The molecule has 0 aliphatic carbocycles. The molecule has 0 unspecified atom stereocenters. The number of ether oxygens (including phenoxy) is 2. The number of amides is 1. The van der Waals surface area contributed by atoms with Gasteiger partial charge in [-0.1, -0.05) is 0 Å². The molecule has 110 valence electrons. The predicted octanol–water partition coefficient (Wildman–Crippen LogP) is 3.32. The average molecular weight is 303 g/mol. The van der Waals surface area contributed by atoms with Crippen molar-refractivity contribution in [3.05, 3.63) is 45.6 Å². The van der Waals surface area contributed by atoms with Gasteiger partial charge in [-0.3, -0.25) is 4.79 Å². The highest BCUT2D eigenvalue weighted by atomic mass is 32.1. The molecule has 0 radical (unpaired) electrons. The van der Waals surface area contributed by atoms with Crippen molar-refractivity contribution >= 4 is 17.2 Å². The molecule has 1 aliphatic heterocycles. The highest BCUT2D eigenvalue weighted by Crippen LogP contribution is 2.31. The molecule has 0 bridgehead atoms. The number of carbonyl (C=O) groups is 1. The van der Waals surface area contributed by atoms with E-state index < -0.39 is 0 Å². The van der Waals surface area contributed by atoms with Crippen LogP contribution in [0.3, 0.4) is 0 Å². The second kappa shape index (κ2) is 5.77. The van der Waals surface area contributed by atoms with Gasteiger partial charge in [0.25, 0.3) is 5.91 Å². The summed E-state index contributed by atoms with van der Waals surface area (Å²) < 4.78 is 11.0. The Morgan fingerprint density at radius 3 is 2.67 bits per heavy atom. The van der Waals surface area contributed by atoms with Crippen LogP contribution in [-0.2, 0) is 0 Å². The third-order valence-corrected chi connectivity index (χ3v) is 4.52. The fraction of sp³-hybridized carbons (Fsp3) is 0.312. The number of rotatable bonds is 3. The largest absolute Gasteiger partial charge is 0.486 e. The summed E-state index contributed by atoms with van der Waals surface area (Å²) >= 11 is 1.70. The zero-order chi connectivity index (χ0) is 14.8. The molecule has 1 aliphatic rings. The van der Waals surface area contributed by atoms with E-state index in [0.717, 1.165) is 4.88 Å². The second-order valence-electron chi connectivity index (χ2n) is 5.00. The zero-order valence-corrected chi connectivity index (χ0v) is 12.8. The van der Waals surface area contributed by atoms with Crippen molar-refractivity contribution in [1.29, 1.82) is 0 Å². The molecule has 1 atom stereocenters. The number of benzene rings is 1. The van der Waals surface area contributed by atoms with Gasteiger partial charge >= 0.3 is 0 Å². The van der Waals surface area contributed by atoms with Crippen molar-refractivity contribution in [2.75, 3.05) is 13.2 Å². The number of fused-ring (bicyclic) bond motifs is 1. The maximum Gasteiger partial charge on any atom is 0.251 e. The summed E-state index contributed by atoms with van der Waals surface area (Å²) in [5.74, 6) is 1.22. The van der Waals surface area contributed by atoms with Crippen LogP contribution in [0.4, 0.5) is 0 Å². The molecule has 21 heavy (non-hydrogen) atoms. The van der Waals surface area contributed by atoms with Gasteiger partial charge in [0.15, 0.2) is 11.5 Å². The molecule has 1 N–H and O–H groups in total. The standard InChI is InChI=1S/C16H17NO3S/c1-10-3-6-15(21-10)11(2)17-16(18)12-4-5-13-14(9-12)20-8-7-19-13/h3-6,9,11H,7-8H2,1-2H3,(H,17,18)/t11-/m0/s1. The molecule has 1 aromatic heterocycles. The molecular weight excluding hydrogens is 286 g/mol. The minimum absolute atomic E-state index is 0.00981. The SMILES string of the molecule is Cc1ccc([C@H](C)NC(=O)c2ccc3c(c2)OCCO3)s1. The van der Waals surface area contributed by atoms with E-state index >= 15 is 0 Å². The van der Waals surface area contributed by atoms with E-state index in [1.165, 1.54) is 4.88 Å². The van der Waals surface area contributed by atoms with E-state index in [9.17, 15) is 4.79 Å². The van der Waals surface area contributed by atoms with Gasteiger partial charge in [-0.05, 0) is 44.2 Å². The van der Waals surface area contributed by atoms with E-state index in [4.69, 9.17) is 9.47 Å². The van der Waals surface area contributed by atoms with Gasteiger partial charge in [0, 0.05) is 15.3 Å². The summed E-state index contributed by atoms with van der Waals surface area (Å²) in [6.07, 6.45) is 0. The average Bonchev–Trinajstić information content (AvgIpc) is 2.93. The molecular formula is C16H17NO3S. The summed E-state index contributed by atoms with van der Waals surface area (Å²) in [6, 6.07) is 9.38. The van der Waals surface area contributed by atoms with Gasteiger partial charge in [-0.15, -0.1) is 11.3 Å². The summed E-state index contributed by atoms with van der Waals surface area (Å²) in [5.41, 5.74) is 0.583. The van der Waals surface area contributed by atoms with Crippen molar-refractivity contribution in [1.82, 2.24) is 5.32 Å². The number of thiophene rings is 1. The number of hydrogen-bond donors (Lipinski definition) is 1. The lowest BCUT2D eigenvalue weighted by Crippen LogP contribution is -2.26. The number of nitrogens with one attached hydrogen (secondary N) is 1. The molecule has 3 rings (SSSR count). The fourth-order valence-electron chi connectivity index (χ4n) is 2.22. The number of aryl methyl sites for hydroxylation is 1. The first-order valence-corrected chi connectivity index (χ1v) is 7.72. The first kappa shape index (κ1) is 13.9. The molecule has 2 heterocycles. The van der Waals surface area contributed by atoms with E-state index in [1.54, 1.807) is 29.5 Å². The normalized spacial score (nSPS) is 14.6. The Morgan fingerprint density at radius 2 is 1.95 bits per heavy atom. The number of carbonyl (C=O) groups excluding carboxylic acids is 1. The van der Waals surface area contributed by atoms with Crippen molar-refractivity contribution in [2.45, 2.75) is 19.9 Å². The molecule has 0 spiro atoms. The first-order chi connectivity index (χ1) is 10.1. The third-order valence-electron chi connectivity index (χ3n) is 3.34. The third kappa shape index (κ3) is 3.03. The summed E-state index contributed by atoms with van der Waals surface area (Å²) in [7, 11) is 0. The predicted molar refractivity (Wildman–Crippen MR) is 82.4 cm³/mol. The quantitative estimate of drug-likeness (QED) is 0.946. The summed E-state index contributed by atoms with van der Waals surface area (Å²) in [5, 5.41) is 3.01. The molecule has 0 fully saturated rings. The minimum Gasteiger partial charge on any atom is -0.486 e. The Kier molecular flexibility index (Phi) is 3.84. The van der Waals surface area contributed by atoms with Crippen LogP contribution in [0.15, 0.2) is 30.3 Å². The van der Waals surface area contributed by atoms with E-state index in [0.29, 0.717) is 30.3 Å². The molecule has 2 aromatic rings. The van der Waals surface area contributed by atoms with Gasteiger partial charge in [-0.2, -0.15) is 0 Å². The molecule has 5 heteroatoms. The van der Waals surface area contributed by atoms with Crippen LogP contribution in [0.25, 0.3) is 0 Å². The van der Waals surface area contributed by atoms with Crippen molar-refractivity contribution in [2.24, 2.45) is 0 Å². The van der Waals surface area contributed by atoms with Gasteiger partial charge in [0.2, 0.25) is 0 Å². The summed E-state index contributed by atoms with van der Waals surface area (Å²) in [4.78, 5) is 14.7. The van der Waals surface area contributed by atoms with E-state index in [1.807, 2.05) is 6.92 Å². The minimum atomic E-state index is -0.106. The number of hydrogen-bond acceptors (Lipinski definition) is 4. The van der Waals surface area contributed by atoms with Crippen LogP contribution in [0.5, 0.6) is 11.5 Å². The molecule has 0 saturated heterocycles. The second-order valence-corrected chi connectivity index (χ2v) is 6.32. The summed E-state index contributed by atoms with van der Waals surface area (Å²) in [6.45, 7) is 5.11. The fourth-order valence-corrected chi connectivity index (χ4v) is 3.10. The van der Waals surface area contributed by atoms with Crippen LogP contribution in [-0.4, -0.2) is 19.1 Å². The molecule has 1 amide bonds. The van der Waals surface area contributed by atoms with Gasteiger partial charge < -0.3 is 14.8 Å². The van der Waals surface area contributed by atoms with Crippen molar-refractivity contribution in [3.8, 4) is 11.5 Å². The Balaban J connectivity index is 1.73. The van der Waals surface area contributed by atoms with Crippen LogP contribution in [0.2, 0.25) is 0 Å².